The fraction of sp³-hybridized carbons (Fsp3) is 0.125. The summed E-state index contributed by atoms with van der Waals surface area (Å²) >= 11 is 0. The van der Waals surface area contributed by atoms with Gasteiger partial charge in [-0.15, -0.1) is 0 Å². The number of aliphatic hydroxyl groups is 1. The molecule has 0 saturated heterocycles. The Morgan fingerprint density at radius 2 is 1.52 bits per heavy atom. The molecule has 0 saturated carbocycles. The zero-order valence-electron chi connectivity index (χ0n) is 11.2. The van der Waals surface area contributed by atoms with E-state index in [0.29, 0.717) is 16.9 Å². The fourth-order valence-electron chi connectivity index (χ4n) is 2.31. The highest BCUT2D eigenvalue weighted by atomic mass is 16.3. The normalized spacial score (nSPS) is 15.5. The lowest BCUT2D eigenvalue weighted by Gasteiger charge is -2.14. The summed E-state index contributed by atoms with van der Waals surface area (Å²) in [5.74, 6) is -0.708. The summed E-state index contributed by atoms with van der Waals surface area (Å²) in [5, 5.41) is 15.7. The highest BCUT2D eigenvalue weighted by Gasteiger charge is 2.20. The maximum Gasteiger partial charge on any atom is 0.233 e. The zero-order chi connectivity index (χ0) is 14.8. The Morgan fingerprint density at radius 3 is 2.24 bits per heavy atom. The van der Waals surface area contributed by atoms with Crippen LogP contribution in [0.15, 0.2) is 48.5 Å². The standard InChI is InChI=1S/C16H14N2O3/c19-14-9-15(20)18-13-8-11(6-7-12(13)17-14)16(21)10-4-2-1-3-5-10/h1-8,16,21H,9H2,(H,17,19)(H,18,20). The molecule has 1 atom stereocenters. The lowest BCUT2D eigenvalue weighted by molar-refractivity contribution is -0.123. The van der Waals surface area contributed by atoms with Crippen molar-refractivity contribution in [2.45, 2.75) is 12.5 Å². The summed E-state index contributed by atoms with van der Waals surface area (Å²) in [6.45, 7) is 0. The van der Waals surface area contributed by atoms with E-state index < -0.39 is 6.10 Å². The number of hydrogen-bond donors (Lipinski definition) is 3. The Hall–Kier alpha value is -2.66. The van der Waals surface area contributed by atoms with Crippen LogP contribution in [0.1, 0.15) is 23.7 Å². The van der Waals surface area contributed by atoms with Gasteiger partial charge in [0.1, 0.15) is 12.5 Å². The van der Waals surface area contributed by atoms with Crippen LogP contribution in [-0.4, -0.2) is 16.9 Å². The number of fused-ring (bicyclic) bond motifs is 1. The number of anilines is 2. The SMILES string of the molecule is O=C1CC(=O)Nc2cc(C(O)c3ccccc3)ccc2N1. The minimum Gasteiger partial charge on any atom is -0.384 e. The van der Waals surface area contributed by atoms with Crippen LogP contribution >= 0.6 is 0 Å². The molecule has 5 heteroatoms. The first-order valence-electron chi connectivity index (χ1n) is 6.60. The van der Waals surface area contributed by atoms with Crippen molar-refractivity contribution in [1.82, 2.24) is 0 Å². The molecule has 0 fully saturated rings. The zero-order valence-corrected chi connectivity index (χ0v) is 11.2. The second-order valence-corrected chi connectivity index (χ2v) is 4.89. The predicted octanol–water partition coefficient (Wildman–Crippen LogP) is 2.05. The van der Waals surface area contributed by atoms with Crippen LogP contribution in [-0.2, 0) is 9.59 Å². The lowest BCUT2D eigenvalue weighted by atomic mass is 10.0. The molecular formula is C16H14N2O3. The molecule has 1 aliphatic rings. The molecule has 106 valence electrons. The maximum atomic E-state index is 11.6. The highest BCUT2D eigenvalue weighted by molar-refractivity contribution is 6.13. The van der Waals surface area contributed by atoms with Gasteiger partial charge in [0.15, 0.2) is 0 Å². The van der Waals surface area contributed by atoms with Gasteiger partial charge in [-0.3, -0.25) is 9.59 Å². The van der Waals surface area contributed by atoms with E-state index in [2.05, 4.69) is 10.6 Å². The minimum absolute atomic E-state index is 0.203. The van der Waals surface area contributed by atoms with Crippen LogP contribution in [0, 0.1) is 0 Å². The topological polar surface area (TPSA) is 78.4 Å². The van der Waals surface area contributed by atoms with E-state index in [0.717, 1.165) is 5.56 Å². The molecule has 2 aromatic rings. The maximum absolute atomic E-state index is 11.6. The number of carbonyl (C=O) groups excluding carboxylic acids is 2. The number of nitrogens with one attached hydrogen (secondary N) is 2. The molecule has 0 bridgehead atoms. The minimum atomic E-state index is -0.785. The molecule has 5 nitrogen and oxygen atoms in total. The first-order valence-corrected chi connectivity index (χ1v) is 6.60. The van der Waals surface area contributed by atoms with Crippen molar-refractivity contribution in [3.8, 4) is 0 Å². The predicted molar refractivity (Wildman–Crippen MR) is 78.8 cm³/mol. The molecule has 0 aromatic heterocycles. The summed E-state index contributed by atoms with van der Waals surface area (Å²) in [5.41, 5.74) is 2.45. The van der Waals surface area contributed by atoms with Crippen molar-refractivity contribution >= 4 is 23.2 Å². The Bertz CT molecular complexity index is 698. The van der Waals surface area contributed by atoms with Gasteiger partial charge in [0.2, 0.25) is 11.8 Å². The molecule has 3 N–H and O–H groups in total. The summed E-state index contributed by atoms with van der Waals surface area (Å²) in [4.78, 5) is 23.0. The molecule has 1 unspecified atom stereocenters. The van der Waals surface area contributed by atoms with Gasteiger partial charge >= 0.3 is 0 Å². The van der Waals surface area contributed by atoms with Crippen molar-refractivity contribution in [1.29, 1.82) is 0 Å². The molecule has 3 rings (SSSR count). The van der Waals surface area contributed by atoms with E-state index in [9.17, 15) is 14.7 Å². The third-order valence-electron chi connectivity index (χ3n) is 3.34. The van der Waals surface area contributed by atoms with Gasteiger partial charge in [0.25, 0.3) is 0 Å². The van der Waals surface area contributed by atoms with Gasteiger partial charge in [0, 0.05) is 0 Å². The van der Waals surface area contributed by atoms with E-state index in [4.69, 9.17) is 0 Å². The summed E-state index contributed by atoms with van der Waals surface area (Å²) in [6, 6.07) is 14.3. The van der Waals surface area contributed by atoms with Gasteiger partial charge in [-0.25, -0.2) is 0 Å². The average Bonchev–Trinajstić information content (AvgIpc) is 2.63. The quantitative estimate of drug-likeness (QED) is 0.738. The Balaban J connectivity index is 1.96. The van der Waals surface area contributed by atoms with E-state index in [1.807, 2.05) is 30.3 Å². The molecule has 1 heterocycles. The van der Waals surface area contributed by atoms with Gasteiger partial charge in [0.05, 0.1) is 11.4 Å². The monoisotopic (exact) mass is 282 g/mol. The van der Waals surface area contributed by atoms with Gasteiger partial charge in [-0.05, 0) is 23.3 Å². The van der Waals surface area contributed by atoms with Crippen LogP contribution in [0.5, 0.6) is 0 Å². The van der Waals surface area contributed by atoms with Crippen molar-refractivity contribution < 1.29 is 14.7 Å². The molecule has 2 aromatic carbocycles. The third-order valence-corrected chi connectivity index (χ3v) is 3.34. The van der Waals surface area contributed by atoms with Gasteiger partial charge < -0.3 is 15.7 Å². The lowest BCUT2D eigenvalue weighted by Crippen LogP contribution is -2.16. The van der Waals surface area contributed by atoms with E-state index in [1.54, 1.807) is 18.2 Å². The molecule has 0 spiro atoms. The molecule has 0 radical (unpaired) electrons. The molecule has 1 aliphatic heterocycles. The summed E-state index contributed by atoms with van der Waals surface area (Å²) in [7, 11) is 0. The largest absolute Gasteiger partial charge is 0.384 e. The Morgan fingerprint density at radius 1 is 0.857 bits per heavy atom. The van der Waals surface area contributed by atoms with Crippen LogP contribution in [0.2, 0.25) is 0 Å². The fourth-order valence-corrected chi connectivity index (χ4v) is 2.31. The van der Waals surface area contributed by atoms with Crippen LogP contribution in [0.25, 0.3) is 0 Å². The second-order valence-electron chi connectivity index (χ2n) is 4.89. The molecular weight excluding hydrogens is 268 g/mol. The van der Waals surface area contributed by atoms with Crippen molar-refractivity contribution in [2.75, 3.05) is 10.6 Å². The number of rotatable bonds is 2. The molecule has 21 heavy (non-hydrogen) atoms. The van der Waals surface area contributed by atoms with Crippen molar-refractivity contribution in [2.24, 2.45) is 0 Å². The number of amides is 2. The summed E-state index contributed by atoms with van der Waals surface area (Å²) in [6.07, 6.45) is -0.988. The number of aliphatic hydroxyl groups excluding tert-OH is 1. The van der Waals surface area contributed by atoms with Gasteiger partial charge in [-0.1, -0.05) is 36.4 Å². The number of benzene rings is 2. The van der Waals surface area contributed by atoms with E-state index >= 15 is 0 Å². The number of carbonyl (C=O) groups is 2. The van der Waals surface area contributed by atoms with Gasteiger partial charge in [-0.2, -0.15) is 0 Å². The molecule has 0 aliphatic carbocycles. The Kier molecular flexibility index (Phi) is 3.41. The van der Waals surface area contributed by atoms with Crippen molar-refractivity contribution in [3.05, 3.63) is 59.7 Å². The first kappa shape index (κ1) is 13.3. The highest BCUT2D eigenvalue weighted by Crippen LogP contribution is 2.30. The smallest absolute Gasteiger partial charge is 0.233 e. The number of hydrogen-bond acceptors (Lipinski definition) is 3. The second kappa shape index (κ2) is 5.38. The van der Waals surface area contributed by atoms with E-state index in [-0.39, 0.29) is 18.2 Å². The average molecular weight is 282 g/mol. The molecule has 2 amide bonds. The third kappa shape index (κ3) is 2.78. The summed E-state index contributed by atoms with van der Waals surface area (Å²) < 4.78 is 0. The first-order chi connectivity index (χ1) is 10.1. The van der Waals surface area contributed by atoms with E-state index in [1.165, 1.54) is 0 Å². The van der Waals surface area contributed by atoms with Crippen LogP contribution < -0.4 is 10.6 Å². The van der Waals surface area contributed by atoms with Crippen LogP contribution in [0.3, 0.4) is 0 Å². The van der Waals surface area contributed by atoms with Crippen LogP contribution in [0.4, 0.5) is 11.4 Å². The van der Waals surface area contributed by atoms with Crippen molar-refractivity contribution in [3.63, 3.8) is 0 Å². The Labute approximate surface area is 121 Å².